The lowest BCUT2D eigenvalue weighted by Crippen LogP contribution is -2.31. The summed E-state index contributed by atoms with van der Waals surface area (Å²) in [7, 11) is 0. The van der Waals surface area contributed by atoms with Crippen LogP contribution in [0.1, 0.15) is 18.9 Å². The van der Waals surface area contributed by atoms with Crippen LogP contribution in [-0.2, 0) is 11.3 Å². The van der Waals surface area contributed by atoms with Gasteiger partial charge in [-0.2, -0.15) is 0 Å². The number of hydrogen-bond donors (Lipinski definition) is 2. The molecule has 1 unspecified atom stereocenters. The van der Waals surface area contributed by atoms with E-state index in [0.29, 0.717) is 12.0 Å². The standard InChI is InChI=1S/C12H16FNO2/c1-2-10(8-15)12(16)14-7-9-4-3-5-11(13)6-9/h3-6,10,15H,2,7-8H2,1H3,(H,14,16). The Labute approximate surface area is 94.3 Å². The molecule has 0 aromatic heterocycles. The zero-order valence-electron chi connectivity index (χ0n) is 9.24. The average Bonchev–Trinajstić information content (AvgIpc) is 2.28. The van der Waals surface area contributed by atoms with Crippen LogP contribution < -0.4 is 5.32 Å². The van der Waals surface area contributed by atoms with E-state index in [1.807, 2.05) is 6.92 Å². The molecule has 0 heterocycles. The Morgan fingerprint density at radius 3 is 2.88 bits per heavy atom. The largest absolute Gasteiger partial charge is 0.396 e. The molecule has 1 amide bonds. The highest BCUT2D eigenvalue weighted by Crippen LogP contribution is 2.05. The lowest BCUT2D eigenvalue weighted by Gasteiger charge is -2.12. The Bertz CT molecular complexity index is 351. The highest BCUT2D eigenvalue weighted by Gasteiger charge is 2.14. The minimum absolute atomic E-state index is 0.161. The summed E-state index contributed by atoms with van der Waals surface area (Å²) in [6.07, 6.45) is 0.589. The van der Waals surface area contributed by atoms with Gasteiger partial charge in [-0.1, -0.05) is 19.1 Å². The van der Waals surface area contributed by atoms with Gasteiger partial charge in [0, 0.05) is 6.54 Å². The number of hydrogen-bond acceptors (Lipinski definition) is 2. The van der Waals surface area contributed by atoms with Gasteiger partial charge < -0.3 is 10.4 Å². The minimum atomic E-state index is -0.381. The Morgan fingerprint density at radius 2 is 2.31 bits per heavy atom. The smallest absolute Gasteiger partial charge is 0.225 e. The van der Waals surface area contributed by atoms with Crippen molar-refractivity contribution in [2.45, 2.75) is 19.9 Å². The summed E-state index contributed by atoms with van der Waals surface area (Å²) in [4.78, 5) is 11.5. The van der Waals surface area contributed by atoms with Crippen molar-refractivity contribution in [1.82, 2.24) is 5.32 Å². The molecule has 0 spiro atoms. The van der Waals surface area contributed by atoms with Crippen molar-refractivity contribution in [3.8, 4) is 0 Å². The number of aliphatic hydroxyl groups is 1. The monoisotopic (exact) mass is 225 g/mol. The third-order valence-electron chi connectivity index (χ3n) is 2.44. The first-order chi connectivity index (χ1) is 7.67. The van der Waals surface area contributed by atoms with Gasteiger partial charge in [-0.15, -0.1) is 0 Å². The molecule has 1 atom stereocenters. The first-order valence-electron chi connectivity index (χ1n) is 5.30. The van der Waals surface area contributed by atoms with Gasteiger partial charge in [-0.3, -0.25) is 4.79 Å². The predicted octanol–water partition coefficient (Wildman–Crippen LogP) is 1.46. The zero-order chi connectivity index (χ0) is 12.0. The molecule has 1 aromatic carbocycles. The van der Waals surface area contributed by atoms with E-state index in [-0.39, 0.29) is 30.8 Å². The predicted molar refractivity (Wildman–Crippen MR) is 59.1 cm³/mol. The highest BCUT2D eigenvalue weighted by molar-refractivity contribution is 5.78. The van der Waals surface area contributed by atoms with Crippen LogP contribution in [0.2, 0.25) is 0 Å². The van der Waals surface area contributed by atoms with Crippen LogP contribution in [0.15, 0.2) is 24.3 Å². The van der Waals surface area contributed by atoms with Crippen molar-refractivity contribution < 1.29 is 14.3 Å². The molecule has 1 rings (SSSR count). The molecule has 0 bridgehead atoms. The second-order valence-corrected chi connectivity index (χ2v) is 3.64. The number of carbonyl (C=O) groups excluding carboxylic acids is 1. The van der Waals surface area contributed by atoms with Gasteiger partial charge in [0.2, 0.25) is 5.91 Å². The Morgan fingerprint density at radius 1 is 1.56 bits per heavy atom. The molecule has 0 radical (unpaired) electrons. The summed E-state index contributed by atoms with van der Waals surface area (Å²) < 4.78 is 12.8. The quantitative estimate of drug-likeness (QED) is 0.797. The number of rotatable bonds is 5. The van der Waals surface area contributed by atoms with Crippen LogP contribution in [0.25, 0.3) is 0 Å². The normalized spacial score (nSPS) is 12.2. The van der Waals surface area contributed by atoms with E-state index < -0.39 is 0 Å². The molecule has 0 aliphatic heterocycles. The minimum Gasteiger partial charge on any atom is -0.396 e. The van der Waals surface area contributed by atoms with E-state index in [1.54, 1.807) is 12.1 Å². The summed E-state index contributed by atoms with van der Waals surface area (Å²) >= 11 is 0. The van der Waals surface area contributed by atoms with Crippen molar-refractivity contribution >= 4 is 5.91 Å². The fourth-order valence-electron chi connectivity index (χ4n) is 1.38. The van der Waals surface area contributed by atoms with Crippen molar-refractivity contribution in [1.29, 1.82) is 0 Å². The number of amides is 1. The molecule has 4 heteroatoms. The van der Waals surface area contributed by atoms with Gasteiger partial charge >= 0.3 is 0 Å². The molecule has 0 aliphatic carbocycles. The molecular formula is C12H16FNO2. The molecule has 2 N–H and O–H groups in total. The summed E-state index contributed by atoms with van der Waals surface area (Å²) in [6, 6.07) is 6.07. The molecule has 0 saturated carbocycles. The Kier molecular flexibility index (Phi) is 4.92. The van der Waals surface area contributed by atoms with Crippen molar-refractivity contribution in [2.75, 3.05) is 6.61 Å². The lowest BCUT2D eigenvalue weighted by molar-refractivity contribution is -0.126. The van der Waals surface area contributed by atoms with Crippen LogP contribution in [0.5, 0.6) is 0 Å². The van der Waals surface area contributed by atoms with E-state index in [0.717, 1.165) is 0 Å². The number of aliphatic hydroxyl groups excluding tert-OH is 1. The molecule has 0 saturated heterocycles. The van der Waals surface area contributed by atoms with Gasteiger partial charge in [-0.25, -0.2) is 4.39 Å². The summed E-state index contributed by atoms with van der Waals surface area (Å²) in [5, 5.41) is 11.6. The maximum absolute atomic E-state index is 12.8. The summed E-state index contributed by atoms with van der Waals surface area (Å²) in [6.45, 7) is 1.96. The molecular weight excluding hydrogens is 209 g/mol. The maximum Gasteiger partial charge on any atom is 0.225 e. The van der Waals surface area contributed by atoms with Crippen LogP contribution in [0, 0.1) is 11.7 Å². The third kappa shape index (κ3) is 3.62. The molecule has 88 valence electrons. The first-order valence-corrected chi connectivity index (χ1v) is 5.30. The van der Waals surface area contributed by atoms with E-state index in [1.165, 1.54) is 12.1 Å². The Balaban J connectivity index is 2.48. The zero-order valence-corrected chi connectivity index (χ0v) is 9.24. The van der Waals surface area contributed by atoms with E-state index in [9.17, 15) is 9.18 Å². The second kappa shape index (κ2) is 6.23. The Hall–Kier alpha value is -1.42. The van der Waals surface area contributed by atoms with Gasteiger partial charge in [0.15, 0.2) is 0 Å². The van der Waals surface area contributed by atoms with Gasteiger partial charge in [-0.05, 0) is 24.1 Å². The first kappa shape index (κ1) is 12.6. The van der Waals surface area contributed by atoms with Crippen molar-refractivity contribution in [3.05, 3.63) is 35.6 Å². The van der Waals surface area contributed by atoms with Gasteiger partial charge in [0.05, 0.1) is 12.5 Å². The van der Waals surface area contributed by atoms with Gasteiger partial charge in [0.25, 0.3) is 0 Å². The number of nitrogens with one attached hydrogen (secondary N) is 1. The lowest BCUT2D eigenvalue weighted by atomic mass is 10.1. The number of carbonyl (C=O) groups is 1. The molecule has 0 fully saturated rings. The van der Waals surface area contributed by atoms with Gasteiger partial charge in [0.1, 0.15) is 5.82 Å². The SMILES string of the molecule is CCC(CO)C(=O)NCc1cccc(F)c1. The summed E-state index contributed by atoms with van der Waals surface area (Å²) in [5.41, 5.74) is 0.709. The van der Waals surface area contributed by atoms with E-state index >= 15 is 0 Å². The topological polar surface area (TPSA) is 49.3 Å². The van der Waals surface area contributed by atoms with Crippen LogP contribution in [0.4, 0.5) is 4.39 Å². The van der Waals surface area contributed by atoms with Crippen molar-refractivity contribution in [2.24, 2.45) is 5.92 Å². The molecule has 16 heavy (non-hydrogen) atoms. The number of benzene rings is 1. The van der Waals surface area contributed by atoms with Crippen LogP contribution >= 0.6 is 0 Å². The summed E-state index contributed by atoms with van der Waals surface area (Å²) in [5.74, 6) is -0.899. The molecule has 0 aliphatic rings. The third-order valence-corrected chi connectivity index (χ3v) is 2.44. The maximum atomic E-state index is 12.8. The second-order valence-electron chi connectivity index (χ2n) is 3.64. The fraction of sp³-hybridized carbons (Fsp3) is 0.417. The molecule has 1 aromatic rings. The van der Waals surface area contributed by atoms with E-state index in [2.05, 4.69) is 5.32 Å². The van der Waals surface area contributed by atoms with Crippen LogP contribution in [0.3, 0.4) is 0 Å². The molecule has 3 nitrogen and oxygen atoms in total. The number of halogens is 1. The van der Waals surface area contributed by atoms with Crippen molar-refractivity contribution in [3.63, 3.8) is 0 Å². The average molecular weight is 225 g/mol. The fourth-order valence-corrected chi connectivity index (χ4v) is 1.38. The highest BCUT2D eigenvalue weighted by atomic mass is 19.1. The van der Waals surface area contributed by atoms with Crippen LogP contribution in [-0.4, -0.2) is 17.6 Å². The van der Waals surface area contributed by atoms with E-state index in [4.69, 9.17) is 5.11 Å².